The maximum atomic E-state index is 11.8. The first kappa shape index (κ1) is 16.1. The fourth-order valence-electron chi connectivity index (χ4n) is 1.29. The predicted octanol–water partition coefficient (Wildman–Crippen LogP) is 1.23. The molecule has 18 heavy (non-hydrogen) atoms. The van der Waals surface area contributed by atoms with Crippen molar-refractivity contribution in [1.82, 2.24) is 10.2 Å². The van der Waals surface area contributed by atoms with Gasteiger partial charge in [0.25, 0.3) is 5.91 Å². The number of imide groups is 1. The molecule has 0 saturated heterocycles. The molecule has 0 atom stereocenters. The molecule has 0 spiro atoms. The lowest BCUT2D eigenvalue weighted by atomic mass is 10.2. The van der Waals surface area contributed by atoms with Gasteiger partial charge in [0.2, 0.25) is 0 Å². The smallest absolute Gasteiger partial charge is 0.328 e. The van der Waals surface area contributed by atoms with Gasteiger partial charge in [0.1, 0.15) is 0 Å². The summed E-state index contributed by atoms with van der Waals surface area (Å²) < 4.78 is 0. The molecule has 0 bridgehead atoms. The summed E-state index contributed by atoms with van der Waals surface area (Å²) in [6.45, 7) is 8.15. The van der Waals surface area contributed by atoms with Crippen molar-refractivity contribution in [3.05, 3.63) is 12.2 Å². The Kier molecular flexibility index (Phi) is 6.70. The summed E-state index contributed by atoms with van der Waals surface area (Å²) in [5.41, 5.74) is 0. The van der Waals surface area contributed by atoms with Crippen LogP contribution in [-0.4, -0.2) is 40.5 Å². The quantitative estimate of drug-likeness (QED) is 0.724. The SMILES string of the molecule is CC(C)CN(C(=O)NC(=O)C=CC(=O)O)C(C)C. The van der Waals surface area contributed by atoms with E-state index in [4.69, 9.17) is 5.11 Å². The highest BCUT2D eigenvalue weighted by Crippen LogP contribution is 2.04. The van der Waals surface area contributed by atoms with E-state index in [0.717, 1.165) is 6.08 Å². The molecule has 102 valence electrons. The molecule has 0 aliphatic carbocycles. The first-order valence-electron chi connectivity index (χ1n) is 5.76. The molecule has 0 fully saturated rings. The normalized spacial score (nSPS) is 11.0. The number of hydrogen-bond donors (Lipinski definition) is 2. The van der Waals surface area contributed by atoms with Gasteiger partial charge in [-0.25, -0.2) is 9.59 Å². The third-order valence-corrected chi connectivity index (χ3v) is 2.05. The highest BCUT2D eigenvalue weighted by Gasteiger charge is 2.19. The lowest BCUT2D eigenvalue weighted by molar-refractivity contribution is -0.131. The average Bonchev–Trinajstić information content (AvgIpc) is 2.22. The zero-order chi connectivity index (χ0) is 14.3. The molecule has 0 rings (SSSR count). The number of urea groups is 1. The van der Waals surface area contributed by atoms with Crippen LogP contribution in [0, 0.1) is 5.92 Å². The number of amides is 3. The van der Waals surface area contributed by atoms with Crippen LogP contribution in [0.3, 0.4) is 0 Å². The molecule has 0 aliphatic heterocycles. The van der Waals surface area contributed by atoms with Crippen molar-refractivity contribution < 1.29 is 19.5 Å². The molecule has 0 saturated carbocycles. The molecule has 6 nitrogen and oxygen atoms in total. The van der Waals surface area contributed by atoms with E-state index in [9.17, 15) is 14.4 Å². The van der Waals surface area contributed by atoms with Crippen molar-refractivity contribution in [1.29, 1.82) is 0 Å². The van der Waals surface area contributed by atoms with Gasteiger partial charge in [-0.1, -0.05) is 13.8 Å². The molecule has 3 amide bonds. The van der Waals surface area contributed by atoms with Crippen LogP contribution < -0.4 is 5.32 Å². The van der Waals surface area contributed by atoms with Crippen LogP contribution in [0.15, 0.2) is 12.2 Å². The Morgan fingerprint density at radius 2 is 1.72 bits per heavy atom. The largest absolute Gasteiger partial charge is 0.478 e. The second-order valence-electron chi connectivity index (χ2n) is 4.61. The third-order valence-electron chi connectivity index (χ3n) is 2.05. The number of carbonyl (C=O) groups excluding carboxylic acids is 2. The molecular weight excluding hydrogens is 236 g/mol. The van der Waals surface area contributed by atoms with Gasteiger partial charge in [-0.2, -0.15) is 0 Å². The highest BCUT2D eigenvalue weighted by molar-refractivity contribution is 6.02. The molecule has 0 heterocycles. The van der Waals surface area contributed by atoms with E-state index in [1.54, 1.807) is 0 Å². The Morgan fingerprint density at radius 1 is 1.17 bits per heavy atom. The summed E-state index contributed by atoms with van der Waals surface area (Å²) in [5.74, 6) is -1.69. The maximum Gasteiger partial charge on any atom is 0.328 e. The molecule has 0 aromatic carbocycles. The van der Waals surface area contributed by atoms with Crippen LogP contribution in [0.5, 0.6) is 0 Å². The number of aliphatic carboxylic acids is 1. The number of rotatable bonds is 5. The Bertz CT molecular complexity index is 348. The van der Waals surface area contributed by atoms with Crippen molar-refractivity contribution in [3.8, 4) is 0 Å². The Labute approximate surface area is 107 Å². The van der Waals surface area contributed by atoms with Crippen molar-refractivity contribution in [2.24, 2.45) is 5.92 Å². The fraction of sp³-hybridized carbons (Fsp3) is 0.583. The second-order valence-corrected chi connectivity index (χ2v) is 4.61. The number of carbonyl (C=O) groups is 3. The summed E-state index contributed by atoms with van der Waals surface area (Å²) >= 11 is 0. The van der Waals surface area contributed by atoms with Crippen LogP contribution in [0.4, 0.5) is 4.79 Å². The third kappa shape index (κ3) is 6.67. The summed E-state index contributed by atoms with van der Waals surface area (Å²) in [7, 11) is 0. The number of hydrogen-bond acceptors (Lipinski definition) is 3. The Balaban J connectivity index is 4.51. The number of nitrogens with one attached hydrogen (secondary N) is 1. The molecule has 0 aromatic heterocycles. The number of nitrogens with zero attached hydrogens (tertiary/aromatic N) is 1. The molecule has 0 unspecified atom stereocenters. The van der Waals surface area contributed by atoms with Crippen molar-refractivity contribution in [2.45, 2.75) is 33.7 Å². The van der Waals surface area contributed by atoms with E-state index in [0.29, 0.717) is 12.6 Å². The summed E-state index contributed by atoms with van der Waals surface area (Å²) in [6, 6.07) is -0.553. The lowest BCUT2D eigenvalue weighted by Gasteiger charge is -2.28. The van der Waals surface area contributed by atoms with Gasteiger partial charge >= 0.3 is 12.0 Å². The van der Waals surface area contributed by atoms with E-state index in [-0.39, 0.29) is 12.0 Å². The lowest BCUT2D eigenvalue weighted by Crippen LogP contribution is -2.47. The zero-order valence-electron chi connectivity index (χ0n) is 11.1. The van der Waals surface area contributed by atoms with Gasteiger partial charge in [0, 0.05) is 24.7 Å². The minimum atomic E-state index is -1.24. The highest BCUT2D eigenvalue weighted by atomic mass is 16.4. The molecule has 6 heteroatoms. The minimum absolute atomic E-state index is 0.0383. The first-order chi connectivity index (χ1) is 8.23. The minimum Gasteiger partial charge on any atom is -0.478 e. The monoisotopic (exact) mass is 256 g/mol. The Hall–Kier alpha value is -1.85. The molecular formula is C12H20N2O4. The van der Waals surface area contributed by atoms with E-state index in [1.165, 1.54) is 4.90 Å². The molecule has 0 aliphatic rings. The fourth-order valence-corrected chi connectivity index (χ4v) is 1.29. The number of carboxylic acids is 1. The molecule has 2 N–H and O–H groups in total. The zero-order valence-corrected chi connectivity index (χ0v) is 11.1. The van der Waals surface area contributed by atoms with E-state index in [2.05, 4.69) is 5.32 Å². The van der Waals surface area contributed by atoms with Crippen LogP contribution in [0.25, 0.3) is 0 Å². The van der Waals surface area contributed by atoms with Gasteiger partial charge in [-0.15, -0.1) is 0 Å². The van der Waals surface area contributed by atoms with Crippen LogP contribution in [-0.2, 0) is 9.59 Å². The van der Waals surface area contributed by atoms with Crippen molar-refractivity contribution in [2.75, 3.05) is 6.54 Å². The first-order valence-corrected chi connectivity index (χ1v) is 5.76. The van der Waals surface area contributed by atoms with Gasteiger partial charge in [-0.05, 0) is 19.8 Å². The second kappa shape index (κ2) is 7.47. The van der Waals surface area contributed by atoms with E-state index >= 15 is 0 Å². The maximum absolute atomic E-state index is 11.8. The molecule has 0 aromatic rings. The van der Waals surface area contributed by atoms with E-state index < -0.39 is 17.9 Å². The van der Waals surface area contributed by atoms with Gasteiger partial charge < -0.3 is 10.0 Å². The predicted molar refractivity (Wildman–Crippen MR) is 67.0 cm³/mol. The van der Waals surface area contributed by atoms with E-state index in [1.807, 2.05) is 27.7 Å². The van der Waals surface area contributed by atoms with Crippen LogP contribution >= 0.6 is 0 Å². The van der Waals surface area contributed by atoms with Crippen LogP contribution in [0.1, 0.15) is 27.7 Å². The topological polar surface area (TPSA) is 86.7 Å². The number of carboxylic acid groups (broad SMARTS) is 1. The molecule has 0 radical (unpaired) electrons. The van der Waals surface area contributed by atoms with Crippen molar-refractivity contribution >= 4 is 17.9 Å². The van der Waals surface area contributed by atoms with Crippen LogP contribution in [0.2, 0.25) is 0 Å². The summed E-state index contributed by atoms with van der Waals surface area (Å²) in [4.78, 5) is 34.8. The summed E-state index contributed by atoms with van der Waals surface area (Å²) in [6.07, 6.45) is 1.50. The van der Waals surface area contributed by atoms with Gasteiger partial charge in [0.15, 0.2) is 0 Å². The standard InChI is InChI=1S/C12H20N2O4/c1-8(2)7-14(9(3)4)12(18)13-10(15)5-6-11(16)17/h5-6,8-9H,7H2,1-4H3,(H,16,17)(H,13,15,18). The summed E-state index contributed by atoms with van der Waals surface area (Å²) in [5, 5.41) is 10.5. The Morgan fingerprint density at radius 3 is 2.11 bits per heavy atom. The average molecular weight is 256 g/mol. The van der Waals surface area contributed by atoms with Crippen molar-refractivity contribution in [3.63, 3.8) is 0 Å². The van der Waals surface area contributed by atoms with Gasteiger partial charge in [0.05, 0.1) is 0 Å². The van der Waals surface area contributed by atoms with Gasteiger partial charge in [-0.3, -0.25) is 10.1 Å².